The van der Waals surface area contributed by atoms with Gasteiger partial charge in [-0.05, 0) is 61.5 Å². The van der Waals surface area contributed by atoms with Crippen molar-refractivity contribution in [2.24, 2.45) is 0 Å². The number of benzene rings is 3. The van der Waals surface area contributed by atoms with Crippen LogP contribution in [0.4, 0.5) is 5.69 Å². The molecule has 0 saturated heterocycles. The number of anilines is 1. The van der Waals surface area contributed by atoms with Crippen molar-refractivity contribution in [1.29, 1.82) is 0 Å². The van der Waals surface area contributed by atoms with E-state index in [1.165, 1.54) is 38.3 Å². The second-order valence-corrected chi connectivity index (χ2v) is 9.05. The lowest BCUT2D eigenvalue weighted by Crippen LogP contribution is -2.51. The third-order valence-corrected chi connectivity index (χ3v) is 6.20. The van der Waals surface area contributed by atoms with E-state index in [-0.39, 0.29) is 10.5 Å². The molecule has 0 saturated carbocycles. The fourth-order valence-electron chi connectivity index (χ4n) is 2.91. The smallest absolute Gasteiger partial charge is 0.269 e. The number of nitrogens with one attached hydrogen (secondary N) is 4. The van der Waals surface area contributed by atoms with E-state index in [0.717, 1.165) is 0 Å². The van der Waals surface area contributed by atoms with Gasteiger partial charge in [0.2, 0.25) is 0 Å². The Bertz CT molecular complexity index is 1310. The Hall–Kier alpha value is -4.38. The summed E-state index contributed by atoms with van der Waals surface area (Å²) >= 11 is 0. The first-order chi connectivity index (χ1) is 16.7. The van der Waals surface area contributed by atoms with Gasteiger partial charge in [0.25, 0.3) is 27.7 Å². The summed E-state index contributed by atoms with van der Waals surface area (Å²) in [5, 5.41) is 2.52. The normalized spacial score (nSPS) is 11.6. The number of carbonyl (C=O) groups is 3. The number of rotatable bonds is 8. The molecule has 0 fully saturated rings. The fourth-order valence-corrected chi connectivity index (χ4v) is 4.02. The Morgan fingerprint density at radius 3 is 2.11 bits per heavy atom. The fraction of sp³-hybridized carbons (Fsp3) is 0.125. The lowest BCUT2D eigenvalue weighted by Gasteiger charge is -2.15. The van der Waals surface area contributed by atoms with E-state index < -0.39 is 33.8 Å². The zero-order valence-corrected chi connectivity index (χ0v) is 19.8. The predicted octanol–water partition coefficient (Wildman–Crippen LogP) is 2.08. The molecular weight excluding hydrogens is 472 g/mol. The van der Waals surface area contributed by atoms with Crippen molar-refractivity contribution >= 4 is 33.4 Å². The highest BCUT2D eigenvalue weighted by Gasteiger charge is 2.19. The molecule has 1 atom stereocenters. The Morgan fingerprint density at radius 1 is 0.800 bits per heavy atom. The van der Waals surface area contributed by atoms with Gasteiger partial charge in [-0.2, -0.15) is 0 Å². The van der Waals surface area contributed by atoms with Gasteiger partial charge in [0.15, 0.2) is 0 Å². The number of hydrogen-bond donors (Lipinski definition) is 4. The highest BCUT2D eigenvalue weighted by atomic mass is 32.2. The average Bonchev–Trinajstić information content (AvgIpc) is 2.87. The molecule has 0 aliphatic rings. The molecule has 0 radical (unpaired) electrons. The maximum Gasteiger partial charge on any atom is 0.269 e. The van der Waals surface area contributed by atoms with Gasteiger partial charge in [-0.3, -0.25) is 30.0 Å². The molecule has 0 unspecified atom stereocenters. The number of hydrazine groups is 1. The van der Waals surface area contributed by atoms with E-state index in [4.69, 9.17) is 4.74 Å². The van der Waals surface area contributed by atoms with Crippen LogP contribution in [0.15, 0.2) is 83.8 Å². The average molecular weight is 497 g/mol. The lowest BCUT2D eigenvalue weighted by atomic mass is 10.2. The Morgan fingerprint density at radius 2 is 1.46 bits per heavy atom. The Kier molecular flexibility index (Phi) is 8.05. The van der Waals surface area contributed by atoms with Crippen molar-refractivity contribution < 1.29 is 27.5 Å². The van der Waals surface area contributed by atoms with Crippen LogP contribution in [0.3, 0.4) is 0 Å². The highest BCUT2D eigenvalue weighted by Crippen LogP contribution is 2.20. The number of hydrogen-bond acceptors (Lipinski definition) is 6. The molecule has 3 amide bonds. The number of carbonyl (C=O) groups excluding carboxylic acids is 3. The molecule has 3 rings (SSSR count). The Balaban J connectivity index is 1.59. The van der Waals surface area contributed by atoms with Gasteiger partial charge < -0.3 is 10.1 Å². The first-order valence-electron chi connectivity index (χ1n) is 10.4. The number of ether oxygens (including phenoxy) is 1. The summed E-state index contributed by atoms with van der Waals surface area (Å²) < 4.78 is 32.9. The zero-order valence-electron chi connectivity index (χ0n) is 18.9. The van der Waals surface area contributed by atoms with E-state index in [1.54, 1.807) is 54.6 Å². The quantitative estimate of drug-likeness (QED) is 0.352. The molecule has 0 aliphatic heterocycles. The summed E-state index contributed by atoms with van der Waals surface area (Å²) in [6, 6.07) is 19.0. The van der Waals surface area contributed by atoms with Crippen molar-refractivity contribution in [2.75, 3.05) is 11.8 Å². The molecule has 35 heavy (non-hydrogen) atoms. The van der Waals surface area contributed by atoms with Gasteiger partial charge in [0.1, 0.15) is 11.8 Å². The van der Waals surface area contributed by atoms with Crippen LogP contribution >= 0.6 is 0 Å². The first kappa shape index (κ1) is 25.2. The van der Waals surface area contributed by atoms with Crippen LogP contribution in [0, 0.1) is 0 Å². The summed E-state index contributed by atoms with van der Waals surface area (Å²) in [5.74, 6) is -1.27. The number of methoxy groups -OCH3 is 1. The van der Waals surface area contributed by atoms with Gasteiger partial charge >= 0.3 is 0 Å². The molecule has 4 N–H and O–H groups in total. The maximum absolute atomic E-state index is 12.7. The number of amides is 3. The van der Waals surface area contributed by atoms with Gasteiger partial charge in [0.05, 0.1) is 12.0 Å². The SMILES string of the molecule is COc1ccc(NS(=O)(=O)c2cccc(C(=O)NNC(=O)[C@H](C)NC(=O)c3ccccc3)c2)cc1. The van der Waals surface area contributed by atoms with Crippen molar-refractivity contribution in [3.05, 3.63) is 90.0 Å². The first-order valence-corrected chi connectivity index (χ1v) is 11.9. The van der Waals surface area contributed by atoms with Crippen LogP contribution in [0.25, 0.3) is 0 Å². The zero-order chi connectivity index (χ0) is 25.4. The molecule has 3 aromatic carbocycles. The minimum absolute atomic E-state index is 0.00359. The van der Waals surface area contributed by atoms with E-state index in [0.29, 0.717) is 17.0 Å². The second kappa shape index (κ2) is 11.2. The van der Waals surface area contributed by atoms with Crippen LogP contribution in [0.1, 0.15) is 27.6 Å². The molecule has 0 aromatic heterocycles. The molecule has 10 nitrogen and oxygen atoms in total. The van der Waals surface area contributed by atoms with Crippen LogP contribution in [0.5, 0.6) is 5.75 Å². The summed E-state index contributed by atoms with van der Waals surface area (Å²) in [6.45, 7) is 1.46. The predicted molar refractivity (Wildman–Crippen MR) is 129 cm³/mol. The van der Waals surface area contributed by atoms with E-state index in [9.17, 15) is 22.8 Å². The molecule has 11 heteroatoms. The molecule has 0 aliphatic carbocycles. The van der Waals surface area contributed by atoms with Crippen molar-refractivity contribution in [3.8, 4) is 5.75 Å². The minimum atomic E-state index is -3.98. The lowest BCUT2D eigenvalue weighted by molar-refractivity contribution is -0.123. The monoisotopic (exact) mass is 496 g/mol. The second-order valence-electron chi connectivity index (χ2n) is 7.37. The van der Waals surface area contributed by atoms with Crippen LogP contribution in [-0.2, 0) is 14.8 Å². The number of sulfonamides is 1. The largest absolute Gasteiger partial charge is 0.497 e. The van der Waals surface area contributed by atoms with Crippen LogP contribution < -0.4 is 25.6 Å². The van der Waals surface area contributed by atoms with Crippen molar-refractivity contribution in [1.82, 2.24) is 16.2 Å². The van der Waals surface area contributed by atoms with Gasteiger partial charge in [-0.15, -0.1) is 0 Å². The van der Waals surface area contributed by atoms with E-state index in [2.05, 4.69) is 20.9 Å². The summed E-state index contributed by atoms with van der Waals surface area (Å²) in [7, 11) is -2.48. The van der Waals surface area contributed by atoms with Gasteiger partial charge in [0, 0.05) is 16.8 Å². The molecular formula is C24H24N4O6S. The van der Waals surface area contributed by atoms with Gasteiger partial charge in [-0.1, -0.05) is 24.3 Å². The van der Waals surface area contributed by atoms with Crippen molar-refractivity contribution in [3.63, 3.8) is 0 Å². The standard InChI is InChI=1S/C24H24N4O6S/c1-16(25-23(30)17-7-4-3-5-8-17)22(29)26-27-24(31)18-9-6-10-21(15-18)35(32,33)28-19-11-13-20(34-2)14-12-19/h3-16,28H,1-2H3,(H,25,30)(H,26,29)(H,27,31)/t16-/m0/s1. The van der Waals surface area contributed by atoms with Gasteiger partial charge in [-0.25, -0.2) is 8.42 Å². The minimum Gasteiger partial charge on any atom is -0.497 e. The molecule has 0 spiro atoms. The molecule has 0 heterocycles. The summed E-state index contributed by atoms with van der Waals surface area (Å²) in [5.41, 5.74) is 5.14. The third-order valence-electron chi connectivity index (χ3n) is 4.82. The van der Waals surface area contributed by atoms with Crippen molar-refractivity contribution in [2.45, 2.75) is 17.9 Å². The topological polar surface area (TPSA) is 143 Å². The maximum atomic E-state index is 12.7. The molecule has 0 bridgehead atoms. The Labute approximate surface area is 202 Å². The van der Waals surface area contributed by atoms with E-state index in [1.807, 2.05) is 0 Å². The van der Waals surface area contributed by atoms with E-state index >= 15 is 0 Å². The summed E-state index contributed by atoms with van der Waals surface area (Å²) in [4.78, 5) is 36.8. The van der Waals surface area contributed by atoms with Crippen LogP contribution in [0.2, 0.25) is 0 Å². The third kappa shape index (κ3) is 6.81. The van der Waals surface area contributed by atoms with Crippen LogP contribution in [-0.4, -0.2) is 39.3 Å². The summed E-state index contributed by atoms with van der Waals surface area (Å²) in [6.07, 6.45) is 0. The highest BCUT2D eigenvalue weighted by molar-refractivity contribution is 7.92. The molecule has 182 valence electrons. The molecule has 3 aromatic rings.